The van der Waals surface area contributed by atoms with Crippen molar-refractivity contribution in [2.75, 3.05) is 45.4 Å². The number of fused-ring (bicyclic) bond motifs is 1. The summed E-state index contributed by atoms with van der Waals surface area (Å²) in [6, 6.07) is 2.08. The van der Waals surface area contributed by atoms with Gasteiger partial charge in [0.15, 0.2) is 0 Å². The predicted molar refractivity (Wildman–Crippen MR) is 114 cm³/mol. The van der Waals surface area contributed by atoms with Gasteiger partial charge in [0.25, 0.3) is 11.8 Å². The first-order valence-electron chi connectivity index (χ1n) is 10.6. The van der Waals surface area contributed by atoms with Gasteiger partial charge in [-0.1, -0.05) is 0 Å². The zero-order valence-corrected chi connectivity index (χ0v) is 18.8. The molecule has 1 saturated heterocycles. The summed E-state index contributed by atoms with van der Waals surface area (Å²) in [7, 11) is 2.89. The second-order valence-corrected chi connectivity index (χ2v) is 7.98. The number of hydrogen-bond donors (Lipinski definition) is 0. The number of amides is 1. The Morgan fingerprint density at radius 1 is 1.24 bits per heavy atom. The Labute approximate surface area is 190 Å². The van der Waals surface area contributed by atoms with E-state index in [0.717, 1.165) is 0 Å². The van der Waals surface area contributed by atoms with E-state index in [2.05, 4.69) is 21.0 Å². The van der Waals surface area contributed by atoms with Crippen molar-refractivity contribution in [3.63, 3.8) is 0 Å². The number of aryl methyl sites for hydroxylation is 1. The second kappa shape index (κ2) is 9.15. The monoisotopic (exact) mass is 456 g/mol. The minimum atomic E-state index is -1.01. The highest BCUT2D eigenvalue weighted by molar-refractivity contribution is 5.86. The molecule has 0 N–H and O–H groups in total. The van der Waals surface area contributed by atoms with Gasteiger partial charge in [-0.05, 0) is 6.92 Å². The molecular formula is C22H25FN6O4. The average molecular weight is 456 g/mol. The maximum atomic E-state index is 14.1. The summed E-state index contributed by atoms with van der Waals surface area (Å²) in [6.45, 7) is 3.38. The summed E-state index contributed by atoms with van der Waals surface area (Å²) >= 11 is 0. The fourth-order valence-corrected chi connectivity index (χ4v) is 4.23. The van der Waals surface area contributed by atoms with Gasteiger partial charge in [-0.3, -0.25) is 9.78 Å². The smallest absolute Gasteiger partial charge is 0.255 e. The van der Waals surface area contributed by atoms with Crippen LogP contribution in [0.25, 0.3) is 0 Å². The third-order valence-electron chi connectivity index (χ3n) is 6.15. The number of aromatic nitrogens is 3. The van der Waals surface area contributed by atoms with Crippen LogP contribution in [0.1, 0.15) is 29.7 Å². The number of carbonyl (C=O) groups excluding carboxylic acids is 1. The number of halogens is 1. The highest BCUT2D eigenvalue weighted by Gasteiger charge is 2.45. The molecule has 2 aliphatic rings. The van der Waals surface area contributed by atoms with Crippen LogP contribution in [0.4, 0.5) is 10.3 Å². The van der Waals surface area contributed by atoms with Crippen molar-refractivity contribution in [3.05, 3.63) is 35.0 Å². The number of anilines is 1. The molecule has 0 aliphatic carbocycles. The maximum Gasteiger partial charge on any atom is 0.255 e. The number of hydrogen-bond acceptors (Lipinski definition) is 9. The highest BCUT2D eigenvalue weighted by Crippen LogP contribution is 2.33. The van der Waals surface area contributed by atoms with E-state index < -0.39 is 11.4 Å². The Hall–Kier alpha value is -3.52. The van der Waals surface area contributed by atoms with Crippen molar-refractivity contribution in [1.29, 1.82) is 5.26 Å². The first-order chi connectivity index (χ1) is 15.9. The van der Waals surface area contributed by atoms with Gasteiger partial charge in [0.05, 0.1) is 25.9 Å². The summed E-state index contributed by atoms with van der Waals surface area (Å²) in [5, 5.41) is 9.31. The summed E-state index contributed by atoms with van der Waals surface area (Å²) in [5.41, 5.74) is 0.220. The largest absolute Gasteiger partial charge is 0.490 e. The van der Waals surface area contributed by atoms with Gasteiger partial charge in [-0.2, -0.15) is 14.6 Å². The molecule has 0 spiro atoms. The first-order valence-corrected chi connectivity index (χ1v) is 10.6. The summed E-state index contributed by atoms with van der Waals surface area (Å²) in [4.78, 5) is 29.7. The van der Waals surface area contributed by atoms with E-state index in [4.69, 9.17) is 14.2 Å². The molecule has 0 radical (unpaired) electrons. The van der Waals surface area contributed by atoms with Crippen molar-refractivity contribution in [1.82, 2.24) is 19.9 Å². The van der Waals surface area contributed by atoms with E-state index >= 15 is 0 Å². The molecule has 0 unspecified atom stereocenters. The SMILES string of the molecule is COc1nc(N2CCC(OC)(C(=O)N3CCOc4c(C#N)cncc4C3)CC2)nc(C)c1F. The lowest BCUT2D eigenvalue weighted by Crippen LogP contribution is -2.56. The van der Waals surface area contributed by atoms with Gasteiger partial charge < -0.3 is 24.0 Å². The van der Waals surface area contributed by atoms with Gasteiger partial charge in [-0.25, -0.2) is 4.98 Å². The lowest BCUT2D eigenvalue weighted by molar-refractivity contribution is -0.158. The number of rotatable bonds is 4. The number of ether oxygens (including phenoxy) is 3. The number of carbonyl (C=O) groups is 1. The Morgan fingerprint density at radius 2 is 2.00 bits per heavy atom. The Kier molecular flexibility index (Phi) is 6.29. The van der Waals surface area contributed by atoms with Crippen LogP contribution in [-0.4, -0.2) is 71.8 Å². The molecule has 1 amide bonds. The van der Waals surface area contributed by atoms with Crippen molar-refractivity contribution in [2.24, 2.45) is 0 Å². The van der Waals surface area contributed by atoms with E-state index in [1.165, 1.54) is 20.4 Å². The standard InChI is InChI=1S/C22H25FN6O4/c1-14-17(23)19(31-2)27-21(26-14)28-6-4-22(32-3,5-7-28)20(30)29-8-9-33-18-15(10-24)11-25-12-16(18)13-29/h11-12H,4-9,13H2,1-3H3. The Balaban J connectivity index is 1.51. The van der Waals surface area contributed by atoms with Gasteiger partial charge in [-0.15, -0.1) is 0 Å². The normalized spacial score (nSPS) is 17.4. The molecule has 0 aromatic carbocycles. The summed E-state index contributed by atoms with van der Waals surface area (Å²) < 4.78 is 30.6. The summed E-state index contributed by atoms with van der Waals surface area (Å²) in [6.07, 6.45) is 3.89. The molecule has 174 valence electrons. The lowest BCUT2D eigenvalue weighted by atomic mass is 9.89. The molecule has 2 aliphatic heterocycles. The molecule has 2 aromatic heterocycles. The number of methoxy groups -OCH3 is 2. The van der Waals surface area contributed by atoms with Crippen LogP contribution in [0.15, 0.2) is 12.4 Å². The zero-order valence-electron chi connectivity index (χ0n) is 18.8. The van der Waals surface area contributed by atoms with Crippen LogP contribution in [-0.2, 0) is 16.1 Å². The second-order valence-electron chi connectivity index (χ2n) is 7.98. The Bertz CT molecular complexity index is 1100. The molecule has 33 heavy (non-hydrogen) atoms. The molecule has 10 nitrogen and oxygen atoms in total. The fraction of sp³-hybridized carbons (Fsp3) is 0.500. The van der Waals surface area contributed by atoms with E-state index in [1.54, 1.807) is 18.0 Å². The third kappa shape index (κ3) is 4.14. The number of nitriles is 1. The van der Waals surface area contributed by atoms with Crippen LogP contribution in [0.3, 0.4) is 0 Å². The molecule has 2 aromatic rings. The molecular weight excluding hydrogens is 431 g/mol. The van der Waals surface area contributed by atoms with Crippen molar-refractivity contribution in [3.8, 4) is 17.7 Å². The predicted octanol–water partition coefficient (Wildman–Crippen LogP) is 1.61. The number of piperidine rings is 1. The minimum absolute atomic E-state index is 0.106. The molecule has 0 saturated carbocycles. The average Bonchev–Trinajstić information content (AvgIpc) is 3.07. The number of pyridine rings is 1. The third-order valence-corrected chi connectivity index (χ3v) is 6.15. The molecule has 4 rings (SSSR count). The fourth-order valence-electron chi connectivity index (χ4n) is 4.23. The van der Waals surface area contributed by atoms with Gasteiger partial charge in [0.1, 0.15) is 29.6 Å². The van der Waals surface area contributed by atoms with Crippen molar-refractivity contribution in [2.45, 2.75) is 31.9 Å². The maximum absolute atomic E-state index is 14.1. The molecule has 1 fully saturated rings. The van der Waals surface area contributed by atoms with Crippen LogP contribution in [0, 0.1) is 24.1 Å². The summed E-state index contributed by atoms with van der Waals surface area (Å²) in [5.74, 6) is -0.00247. The minimum Gasteiger partial charge on any atom is -0.490 e. The highest BCUT2D eigenvalue weighted by atomic mass is 19.1. The van der Waals surface area contributed by atoms with Crippen LogP contribution >= 0.6 is 0 Å². The van der Waals surface area contributed by atoms with E-state index in [1.807, 2.05) is 4.90 Å². The van der Waals surface area contributed by atoms with Crippen LogP contribution in [0.5, 0.6) is 11.6 Å². The quantitative estimate of drug-likeness (QED) is 0.677. The van der Waals surface area contributed by atoms with Gasteiger partial charge in [0.2, 0.25) is 11.8 Å². The van der Waals surface area contributed by atoms with E-state index in [-0.39, 0.29) is 30.6 Å². The van der Waals surface area contributed by atoms with Gasteiger partial charge >= 0.3 is 0 Å². The topological polar surface area (TPSA) is 114 Å². The van der Waals surface area contributed by atoms with Crippen LogP contribution < -0.4 is 14.4 Å². The Morgan fingerprint density at radius 3 is 2.67 bits per heavy atom. The van der Waals surface area contributed by atoms with Crippen molar-refractivity contribution < 1.29 is 23.4 Å². The van der Waals surface area contributed by atoms with E-state index in [9.17, 15) is 14.4 Å². The van der Waals surface area contributed by atoms with Crippen molar-refractivity contribution >= 4 is 11.9 Å². The van der Waals surface area contributed by atoms with Crippen LogP contribution in [0.2, 0.25) is 0 Å². The first kappa shape index (κ1) is 22.7. The zero-order chi connectivity index (χ0) is 23.6. The lowest BCUT2D eigenvalue weighted by Gasteiger charge is -2.42. The molecule has 0 bridgehead atoms. The van der Waals surface area contributed by atoms with Gasteiger partial charge in [0, 0.05) is 51.0 Å². The molecule has 0 atom stereocenters. The number of nitrogens with zero attached hydrogens (tertiary/aromatic N) is 6. The van der Waals surface area contributed by atoms with E-state index in [0.29, 0.717) is 55.3 Å². The molecule has 4 heterocycles. The molecule has 11 heteroatoms.